The first-order valence-corrected chi connectivity index (χ1v) is 12.5. The fraction of sp³-hybridized carbons (Fsp3) is 0.957. The lowest BCUT2D eigenvalue weighted by molar-refractivity contribution is -0.119. The second-order valence-electron chi connectivity index (χ2n) is 7.77. The summed E-state index contributed by atoms with van der Waals surface area (Å²) in [7, 11) is 0. The average Bonchev–Trinajstić information content (AvgIpc) is 2.76. The summed E-state index contributed by atoms with van der Waals surface area (Å²) in [5.74, 6) is -0.0847. The molecule has 0 aliphatic rings. The zero-order chi connectivity index (χ0) is 22.5. The third-order valence-electron chi connectivity index (χ3n) is 4.72. The van der Waals surface area contributed by atoms with Crippen molar-refractivity contribution in [3.63, 3.8) is 0 Å². The molecule has 30 heavy (non-hydrogen) atoms. The topological polar surface area (TPSA) is 117 Å². The minimum Gasteiger partial charge on any atom is -0.355 e. The van der Waals surface area contributed by atoms with Gasteiger partial charge in [0.25, 0.3) is 0 Å². The predicted octanol–water partition coefficient (Wildman–Crippen LogP) is 2.11. The first kappa shape index (κ1) is 31.5. The smallest absolute Gasteiger partial charge is 0.233 e. The van der Waals surface area contributed by atoms with Crippen LogP contribution in [0.4, 0.5) is 0 Å². The van der Waals surface area contributed by atoms with Gasteiger partial charge < -0.3 is 32.7 Å². The molecule has 0 aromatic carbocycles. The molecule has 7 nitrogen and oxygen atoms in total. The molecule has 0 unspecified atom stereocenters. The Bertz CT molecular complexity index is 308. The van der Waals surface area contributed by atoms with Gasteiger partial charge in [-0.2, -0.15) is 0 Å². The average molecular weight is 431 g/mol. The Morgan fingerprint density at radius 1 is 0.567 bits per heavy atom. The van der Waals surface area contributed by atoms with Crippen LogP contribution in [0, 0.1) is 0 Å². The number of carbonyl (C=O) groups excluding carboxylic acids is 1. The minimum atomic E-state index is -0.0847. The maximum Gasteiger partial charge on any atom is 0.233 e. The molecule has 0 aliphatic heterocycles. The Morgan fingerprint density at radius 2 is 1.03 bits per heavy atom. The van der Waals surface area contributed by atoms with Crippen molar-refractivity contribution in [2.24, 2.45) is 11.5 Å². The van der Waals surface area contributed by atoms with Gasteiger partial charge >= 0.3 is 0 Å². The Balaban J connectivity index is 0. The van der Waals surface area contributed by atoms with E-state index in [1.165, 1.54) is 70.9 Å². The van der Waals surface area contributed by atoms with Crippen LogP contribution in [0.5, 0.6) is 0 Å². The highest BCUT2D eigenvalue weighted by Crippen LogP contribution is 2.01. The standard InChI is InChI=1S/C12H29N5O.C11H25N/c13-5-3-8-15-6-1-2-7-16-9-4-10-17-12(18)11-14;1-3-5-7-8-9-11-12-10-6-4-2/h15-16H,1-11,13-14H2,(H,17,18);12H,3-11H2,1-2H3. The van der Waals surface area contributed by atoms with E-state index >= 15 is 0 Å². The van der Waals surface area contributed by atoms with Crippen LogP contribution < -0.4 is 32.7 Å². The molecular formula is C23H54N6O. The van der Waals surface area contributed by atoms with Gasteiger partial charge in [-0.3, -0.25) is 4.79 Å². The third kappa shape index (κ3) is 31.9. The van der Waals surface area contributed by atoms with Crippen molar-refractivity contribution >= 4 is 5.91 Å². The van der Waals surface area contributed by atoms with Gasteiger partial charge in [0.05, 0.1) is 6.54 Å². The lowest BCUT2D eigenvalue weighted by Crippen LogP contribution is -2.32. The van der Waals surface area contributed by atoms with E-state index < -0.39 is 0 Å². The van der Waals surface area contributed by atoms with Crippen LogP contribution in [0.25, 0.3) is 0 Å². The van der Waals surface area contributed by atoms with Crippen molar-refractivity contribution in [2.75, 3.05) is 58.9 Å². The van der Waals surface area contributed by atoms with Gasteiger partial charge in [-0.25, -0.2) is 0 Å². The SMILES string of the molecule is CCCCCCCNCCCC.NCCCNCCCCNCCCNC(=O)CN. The highest BCUT2D eigenvalue weighted by Gasteiger charge is 1.95. The number of rotatable bonds is 22. The van der Waals surface area contributed by atoms with E-state index in [4.69, 9.17) is 11.5 Å². The molecule has 0 heterocycles. The molecular weight excluding hydrogens is 376 g/mol. The number of nitrogens with two attached hydrogens (primary N) is 2. The summed E-state index contributed by atoms with van der Waals surface area (Å²) in [5, 5.41) is 12.9. The predicted molar refractivity (Wildman–Crippen MR) is 132 cm³/mol. The van der Waals surface area contributed by atoms with Crippen LogP contribution in [-0.4, -0.2) is 64.8 Å². The zero-order valence-electron chi connectivity index (χ0n) is 20.2. The Morgan fingerprint density at radius 3 is 1.57 bits per heavy atom. The summed E-state index contributed by atoms with van der Waals surface area (Å²) < 4.78 is 0. The first-order chi connectivity index (χ1) is 14.7. The molecule has 0 fully saturated rings. The van der Waals surface area contributed by atoms with E-state index in [-0.39, 0.29) is 12.5 Å². The Hall–Kier alpha value is -0.730. The molecule has 0 aromatic rings. The zero-order valence-corrected chi connectivity index (χ0v) is 20.2. The maximum absolute atomic E-state index is 10.8. The van der Waals surface area contributed by atoms with Gasteiger partial charge in [0.1, 0.15) is 0 Å². The van der Waals surface area contributed by atoms with E-state index in [9.17, 15) is 4.79 Å². The van der Waals surface area contributed by atoms with E-state index in [1.807, 2.05) is 0 Å². The van der Waals surface area contributed by atoms with Crippen LogP contribution >= 0.6 is 0 Å². The van der Waals surface area contributed by atoms with Crippen molar-refractivity contribution in [1.29, 1.82) is 0 Å². The molecule has 0 aliphatic carbocycles. The van der Waals surface area contributed by atoms with Crippen LogP contribution in [-0.2, 0) is 4.79 Å². The quantitative estimate of drug-likeness (QED) is 0.147. The number of carbonyl (C=O) groups is 1. The summed E-state index contributed by atoms with van der Waals surface area (Å²) in [6, 6.07) is 0. The monoisotopic (exact) mass is 430 g/mol. The number of unbranched alkanes of at least 4 members (excludes halogenated alkanes) is 6. The van der Waals surface area contributed by atoms with E-state index in [0.29, 0.717) is 6.54 Å². The molecule has 0 atom stereocenters. The van der Waals surface area contributed by atoms with Crippen molar-refractivity contribution in [2.45, 2.75) is 84.5 Å². The van der Waals surface area contributed by atoms with E-state index in [0.717, 1.165) is 45.6 Å². The van der Waals surface area contributed by atoms with Gasteiger partial charge in [-0.15, -0.1) is 0 Å². The van der Waals surface area contributed by atoms with Gasteiger partial charge in [0, 0.05) is 6.54 Å². The second-order valence-corrected chi connectivity index (χ2v) is 7.77. The molecule has 0 saturated heterocycles. The molecule has 7 heteroatoms. The summed E-state index contributed by atoms with van der Waals surface area (Å²) in [6.45, 7) is 12.5. The number of nitrogens with one attached hydrogen (secondary N) is 4. The number of hydrogen-bond donors (Lipinski definition) is 6. The van der Waals surface area contributed by atoms with E-state index in [1.54, 1.807) is 0 Å². The molecule has 0 radical (unpaired) electrons. The summed E-state index contributed by atoms with van der Waals surface area (Å²) >= 11 is 0. The van der Waals surface area contributed by atoms with Crippen LogP contribution in [0.1, 0.15) is 84.5 Å². The van der Waals surface area contributed by atoms with Gasteiger partial charge in [-0.1, -0.05) is 46.0 Å². The molecule has 8 N–H and O–H groups in total. The Labute approximate surface area is 187 Å². The lowest BCUT2D eigenvalue weighted by atomic mass is 10.1. The van der Waals surface area contributed by atoms with Crippen molar-refractivity contribution in [1.82, 2.24) is 21.3 Å². The molecule has 1 amide bonds. The van der Waals surface area contributed by atoms with Crippen molar-refractivity contribution in [3.8, 4) is 0 Å². The summed E-state index contributed by atoms with van der Waals surface area (Å²) in [5.41, 5.74) is 10.6. The van der Waals surface area contributed by atoms with Crippen LogP contribution in [0.2, 0.25) is 0 Å². The maximum atomic E-state index is 10.8. The summed E-state index contributed by atoms with van der Waals surface area (Å²) in [6.07, 6.45) is 13.9. The highest BCUT2D eigenvalue weighted by molar-refractivity contribution is 5.77. The molecule has 0 spiro atoms. The molecule has 0 saturated carbocycles. The van der Waals surface area contributed by atoms with Crippen LogP contribution in [0.3, 0.4) is 0 Å². The number of hydrogen-bond acceptors (Lipinski definition) is 6. The molecule has 0 rings (SSSR count). The lowest BCUT2D eigenvalue weighted by Gasteiger charge is -2.06. The fourth-order valence-electron chi connectivity index (χ4n) is 2.77. The fourth-order valence-corrected chi connectivity index (χ4v) is 2.77. The third-order valence-corrected chi connectivity index (χ3v) is 4.72. The molecule has 0 bridgehead atoms. The van der Waals surface area contributed by atoms with Crippen LogP contribution in [0.15, 0.2) is 0 Å². The van der Waals surface area contributed by atoms with Gasteiger partial charge in [0.15, 0.2) is 0 Å². The normalized spacial score (nSPS) is 10.5. The first-order valence-electron chi connectivity index (χ1n) is 12.5. The van der Waals surface area contributed by atoms with Crippen molar-refractivity contribution in [3.05, 3.63) is 0 Å². The van der Waals surface area contributed by atoms with Gasteiger partial charge in [0.2, 0.25) is 5.91 Å². The van der Waals surface area contributed by atoms with Gasteiger partial charge in [-0.05, 0) is 84.3 Å². The molecule has 0 aromatic heterocycles. The molecule has 182 valence electrons. The highest BCUT2D eigenvalue weighted by atomic mass is 16.1. The minimum absolute atomic E-state index is 0.0740. The number of amides is 1. The summed E-state index contributed by atoms with van der Waals surface area (Å²) in [4.78, 5) is 10.8. The Kier molecular flexibility index (Phi) is 31.9. The van der Waals surface area contributed by atoms with E-state index in [2.05, 4.69) is 35.1 Å². The second kappa shape index (κ2) is 30.5. The largest absolute Gasteiger partial charge is 0.355 e. The van der Waals surface area contributed by atoms with Crippen molar-refractivity contribution < 1.29 is 4.79 Å².